The van der Waals surface area contributed by atoms with Crippen molar-refractivity contribution < 1.29 is 14.4 Å². The van der Waals surface area contributed by atoms with Gasteiger partial charge in [-0.25, -0.2) is 4.79 Å². The first-order chi connectivity index (χ1) is 9.91. The Bertz CT molecular complexity index is 663. The Morgan fingerprint density at radius 2 is 2.14 bits per heavy atom. The van der Waals surface area contributed by atoms with Gasteiger partial charge in [-0.15, -0.1) is 0 Å². The first-order valence-corrected chi connectivity index (χ1v) is 6.77. The summed E-state index contributed by atoms with van der Waals surface area (Å²) in [4.78, 5) is 37.1. The summed E-state index contributed by atoms with van der Waals surface area (Å²) in [6.45, 7) is 0.500. The predicted octanol–water partition coefficient (Wildman–Crippen LogP) is 0.346. The average Bonchev–Trinajstić information content (AvgIpc) is 2.94. The highest BCUT2D eigenvalue weighted by Gasteiger charge is 2.51. The minimum atomic E-state index is -1.02. The summed E-state index contributed by atoms with van der Waals surface area (Å²) in [5.74, 6) is -0.679. The van der Waals surface area contributed by atoms with Gasteiger partial charge in [0, 0.05) is 17.3 Å². The number of likely N-dealkylation sites (tertiary alicyclic amines) is 1. The van der Waals surface area contributed by atoms with Crippen LogP contribution in [0.3, 0.4) is 0 Å². The molecule has 0 saturated carbocycles. The second-order valence-corrected chi connectivity index (χ2v) is 5.64. The quantitative estimate of drug-likeness (QED) is 0.514. The number of hydrogen-bond acceptors (Lipinski definition) is 4. The van der Waals surface area contributed by atoms with Crippen LogP contribution in [0, 0.1) is 0 Å². The zero-order chi connectivity index (χ0) is 15.2. The molecule has 1 spiro atoms. The average molecular weight is 309 g/mol. The van der Waals surface area contributed by atoms with Crippen molar-refractivity contribution in [3.63, 3.8) is 0 Å². The van der Waals surface area contributed by atoms with Gasteiger partial charge in [0.2, 0.25) is 0 Å². The number of nitrogens with zero attached hydrogens (tertiary/aromatic N) is 1. The second kappa shape index (κ2) is 4.63. The molecule has 0 bridgehead atoms. The van der Waals surface area contributed by atoms with Gasteiger partial charge in [-0.1, -0.05) is 11.6 Å². The van der Waals surface area contributed by atoms with Crippen molar-refractivity contribution in [2.75, 3.05) is 18.8 Å². The largest absolute Gasteiger partial charge is 0.398 e. The number of imide groups is 1. The molecule has 8 heteroatoms. The molecule has 2 fully saturated rings. The molecular weight excluding hydrogens is 296 g/mol. The molecule has 2 aliphatic rings. The molecule has 7 nitrogen and oxygen atoms in total. The highest BCUT2D eigenvalue weighted by Crippen LogP contribution is 2.27. The number of anilines is 1. The number of carbonyl (C=O) groups is 3. The molecule has 0 radical (unpaired) electrons. The van der Waals surface area contributed by atoms with Crippen molar-refractivity contribution in [3.8, 4) is 0 Å². The number of nitrogens with two attached hydrogens (primary N) is 1. The minimum Gasteiger partial charge on any atom is -0.398 e. The molecule has 4 amide bonds. The number of benzene rings is 1. The van der Waals surface area contributed by atoms with Crippen molar-refractivity contribution in [2.45, 2.75) is 12.0 Å². The van der Waals surface area contributed by atoms with Gasteiger partial charge in [0.1, 0.15) is 5.54 Å². The molecule has 1 atom stereocenters. The third-order valence-corrected chi connectivity index (χ3v) is 4.05. The van der Waals surface area contributed by atoms with Crippen molar-refractivity contribution in [3.05, 3.63) is 28.8 Å². The molecule has 110 valence electrons. The maximum absolute atomic E-state index is 12.5. The van der Waals surface area contributed by atoms with Crippen LogP contribution in [0.25, 0.3) is 0 Å². The van der Waals surface area contributed by atoms with E-state index in [4.69, 9.17) is 17.3 Å². The van der Waals surface area contributed by atoms with Crippen molar-refractivity contribution in [1.29, 1.82) is 0 Å². The fourth-order valence-corrected chi connectivity index (χ4v) is 2.88. The van der Waals surface area contributed by atoms with E-state index in [2.05, 4.69) is 10.6 Å². The third-order valence-electron chi connectivity index (χ3n) is 3.82. The van der Waals surface area contributed by atoms with E-state index in [1.807, 2.05) is 0 Å². The van der Waals surface area contributed by atoms with Crippen LogP contribution in [0.4, 0.5) is 10.5 Å². The number of rotatable bonds is 1. The Labute approximate surface area is 125 Å². The zero-order valence-corrected chi connectivity index (χ0v) is 11.7. The van der Waals surface area contributed by atoms with Gasteiger partial charge in [-0.2, -0.15) is 0 Å². The number of urea groups is 1. The summed E-state index contributed by atoms with van der Waals surface area (Å²) in [7, 11) is 0. The highest BCUT2D eigenvalue weighted by molar-refractivity contribution is 6.31. The van der Waals surface area contributed by atoms with Gasteiger partial charge in [-0.3, -0.25) is 14.9 Å². The zero-order valence-electron chi connectivity index (χ0n) is 11.0. The van der Waals surface area contributed by atoms with Crippen LogP contribution in [0.2, 0.25) is 5.02 Å². The minimum absolute atomic E-state index is 0.130. The lowest BCUT2D eigenvalue weighted by Crippen LogP contribution is -2.49. The Morgan fingerprint density at radius 1 is 1.38 bits per heavy atom. The van der Waals surface area contributed by atoms with E-state index >= 15 is 0 Å². The fraction of sp³-hybridized carbons (Fsp3) is 0.308. The summed E-state index contributed by atoms with van der Waals surface area (Å²) < 4.78 is 0. The van der Waals surface area contributed by atoms with E-state index in [9.17, 15) is 14.4 Å². The number of carbonyl (C=O) groups excluding carboxylic acids is 3. The van der Waals surface area contributed by atoms with Gasteiger partial charge in [0.25, 0.3) is 11.8 Å². The maximum Gasteiger partial charge on any atom is 0.322 e. The Morgan fingerprint density at radius 3 is 2.76 bits per heavy atom. The number of nitrogens with one attached hydrogen (secondary N) is 2. The number of halogens is 1. The van der Waals surface area contributed by atoms with E-state index in [0.717, 1.165) is 0 Å². The Hall–Kier alpha value is -2.28. The normalized spacial score (nSPS) is 24.3. The maximum atomic E-state index is 12.5. The Kier molecular flexibility index (Phi) is 3.02. The molecule has 0 aromatic heterocycles. The lowest BCUT2D eigenvalue weighted by Gasteiger charge is -2.21. The van der Waals surface area contributed by atoms with Crippen LogP contribution >= 0.6 is 11.6 Å². The first-order valence-electron chi connectivity index (χ1n) is 6.39. The number of nitrogen functional groups attached to an aromatic ring is 1. The second-order valence-electron chi connectivity index (χ2n) is 5.20. The predicted molar refractivity (Wildman–Crippen MR) is 75.8 cm³/mol. The van der Waals surface area contributed by atoms with Gasteiger partial charge in [0.05, 0.1) is 12.1 Å². The van der Waals surface area contributed by atoms with Crippen LogP contribution < -0.4 is 16.4 Å². The number of amides is 4. The van der Waals surface area contributed by atoms with Gasteiger partial charge in [-0.05, 0) is 24.6 Å². The molecule has 2 saturated heterocycles. The third kappa shape index (κ3) is 2.19. The summed E-state index contributed by atoms with van der Waals surface area (Å²) in [5.41, 5.74) is 5.40. The topological polar surface area (TPSA) is 105 Å². The summed E-state index contributed by atoms with van der Waals surface area (Å²) in [6, 6.07) is 4.12. The molecule has 4 N–H and O–H groups in total. The summed E-state index contributed by atoms with van der Waals surface area (Å²) >= 11 is 5.81. The molecular formula is C13H13ClN4O3. The lowest BCUT2D eigenvalue weighted by atomic mass is 9.99. The van der Waals surface area contributed by atoms with Crippen molar-refractivity contribution >= 4 is 35.1 Å². The molecule has 1 aromatic carbocycles. The van der Waals surface area contributed by atoms with Crippen molar-refractivity contribution in [2.24, 2.45) is 0 Å². The van der Waals surface area contributed by atoms with Crippen LogP contribution in [0.5, 0.6) is 0 Å². The van der Waals surface area contributed by atoms with Gasteiger partial charge >= 0.3 is 6.03 Å². The molecule has 2 heterocycles. The summed E-state index contributed by atoms with van der Waals surface area (Å²) in [6.07, 6.45) is 0.379. The van der Waals surface area contributed by atoms with Crippen molar-refractivity contribution in [1.82, 2.24) is 15.5 Å². The first kappa shape index (κ1) is 13.7. The monoisotopic (exact) mass is 308 g/mol. The van der Waals surface area contributed by atoms with E-state index in [-0.39, 0.29) is 18.1 Å². The van der Waals surface area contributed by atoms with E-state index in [0.29, 0.717) is 23.6 Å². The van der Waals surface area contributed by atoms with Gasteiger partial charge in [0.15, 0.2) is 0 Å². The van der Waals surface area contributed by atoms with Crippen LogP contribution in [-0.4, -0.2) is 41.4 Å². The fourth-order valence-electron chi connectivity index (χ4n) is 2.70. The Balaban J connectivity index is 1.82. The number of hydrogen-bond donors (Lipinski definition) is 3. The summed E-state index contributed by atoms with van der Waals surface area (Å²) in [5, 5.41) is 5.24. The SMILES string of the molecule is Nc1cc(Cl)ccc1C(=O)N1CCC2(C1)NC(=O)NC2=O. The molecule has 1 unspecified atom stereocenters. The van der Waals surface area contributed by atoms with Crippen LogP contribution in [-0.2, 0) is 4.79 Å². The molecule has 0 aliphatic carbocycles. The molecule has 2 aliphatic heterocycles. The van der Waals surface area contributed by atoms with Crippen LogP contribution in [0.15, 0.2) is 18.2 Å². The molecule has 21 heavy (non-hydrogen) atoms. The standard InChI is InChI=1S/C13H13ClN4O3/c14-7-1-2-8(9(15)5-7)10(19)18-4-3-13(6-18)11(20)16-12(21)17-13/h1-2,5H,3-4,6,15H2,(H2,16,17,20,21). The van der Waals surface area contributed by atoms with Gasteiger partial charge < -0.3 is 16.0 Å². The van der Waals surface area contributed by atoms with E-state index in [1.165, 1.54) is 11.0 Å². The molecule has 3 rings (SSSR count). The highest BCUT2D eigenvalue weighted by atomic mass is 35.5. The van der Waals surface area contributed by atoms with E-state index < -0.39 is 17.5 Å². The van der Waals surface area contributed by atoms with Crippen LogP contribution in [0.1, 0.15) is 16.8 Å². The smallest absolute Gasteiger partial charge is 0.322 e. The lowest BCUT2D eigenvalue weighted by molar-refractivity contribution is -0.123. The molecule has 1 aromatic rings. The van der Waals surface area contributed by atoms with E-state index in [1.54, 1.807) is 12.1 Å².